The van der Waals surface area contributed by atoms with Gasteiger partial charge in [0.05, 0.1) is 0 Å². The second-order valence-electron chi connectivity index (χ2n) is 2.40. The first-order valence-electron chi connectivity index (χ1n) is 3.30. The molecule has 0 aromatic heterocycles. The first-order chi connectivity index (χ1) is 5.29. The maximum absolute atomic E-state index is 11.2. The summed E-state index contributed by atoms with van der Waals surface area (Å²) in [6, 6.07) is 7.56. The van der Waals surface area contributed by atoms with E-state index in [0.717, 1.165) is 15.6 Å². The highest BCUT2D eigenvalue weighted by atomic mass is 79.9. The normalized spacial score (nSPS) is 14.6. The Kier molecular flexibility index (Phi) is 1.43. The third-order valence-corrected chi connectivity index (χ3v) is 2.36. The molecule has 0 saturated heterocycles. The first-order valence-corrected chi connectivity index (χ1v) is 4.09. The molecule has 1 aromatic rings. The Morgan fingerprint density at radius 2 is 1.73 bits per heavy atom. The van der Waals surface area contributed by atoms with E-state index in [-0.39, 0.29) is 5.78 Å². The molecule has 1 aromatic carbocycles. The molecule has 2 rings (SSSR count). The van der Waals surface area contributed by atoms with E-state index in [0.29, 0.717) is 0 Å². The van der Waals surface area contributed by atoms with Gasteiger partial charge in [-0.2, -0.15) is 0 Å². The summed E-state index contributed by atoms with van der Waals surface area (Å²) in [6.07, 6.45) is 1.60. The monoisotopic (exact) mass is 208 g/mol. The summed E-state index contributed by atoms with van der Waals surface area (Å²) in [5, 5.41) is 0. The lowest BCUT2D eigenvalue weighted by molar-refractivity contribution is 0.105. The number of carbonyl (C=O) groups excluding carboxylic acids is 1. The summed E-state index contributed by atoms with van der Waals surface area (Å²) in [5.74, 6) is 0.0903. The number of hydrogen-bond donors (Lipinski definition) is 0. The van der Waals surface area contributed by atoms with Crippen LogP contribution in [0.3, 0.4) is 0 Å². The van der Waals surface area contributed by atoms with Crippen LogP contribution in [0.2, 0.25) is 0 Å². The van der Waals surface area contributed by atoms with Gasteiger partial charge < -0.3 is 0 Å². The Morgan fingerprint density at radius 1 is 1.09 bits per heavy atom. The van der Waals surface area contributed by atoms with E-state index < -0.39 is 0 Å². The third kappa shape index (κ3) is 0.942. The van der Waals surface area contributed by atoms with Gasteiger partial charge in [0.2, 0.25) is 0 Å². The van der Waals surface area contributed by atoms with E-state index in [4.69, 9.17) is 0 Å². The van der Waals surface area contributed by atoms with E-state index in [1.807, 2.05) is 24.3 Å². The smallest absolute Gasteiger partial charge is 0.187 e. The number of allylic oxidation sites excluding steroid dienone is 1. The van der Waals surface area contributed by atoms with Gasteiger partial charge in [0, 0.05) is 16.1 Å². The molecule has 1 aliphatic carbocycles. The number of ketones is 1. The van der Waals surface area contributed by atoms with Gasteiger partial charge in [0.15, 0.2) is 5.78 Å². The van der Waals surface area contributed by atoms with Crippen LogP contribution < -0.4 is 0 Å². The zero-order valence-corrected chi connectivity index (χ0v) is 7.26. The quantitative estimate of drug-likeness (QED) is 0.641. The molecule has 1 nitrogen and oxygen atoms in total. The minimum absolute atomic E-state index is 0.0903. The molecule has 11 heavy (non-hydrogen) atoms. The molecule has 0 heterocycles. The maximum Gasteiger partial charge on any atom is 0.187 e. The number of carbonyl (C=O) groups is 1. The van der Waals surface area contributed by atoms with Crippen molar-refractivity contribution in [2.45, 2.75) is 0 Å². The summed E-state index contributed by atoms with van der Waals surface area (Å²) in [6.45, 7) is 0. The minimum atomic E-state index is 0.0903. The highest BCUT2D eigenvalue weighted by molar-refractivity contribution is 9.15. The largest absolute Gasteiger partial charge is 0.289 e. The van der Waals surface area contributed by atoms with Gasteiger partial charge in [-0.25, -0.2) is 0 Å². The fraction of sp³-hybridized carbons (Fsp3) is 0. The SMILES string of the molecule is O=C1C=C(Br)c2ccccc21. The molecule has 0 unspecified atom stereocenters. The first kappa shape index (κ1) is 6.80. The zero-order chi connectivity index (χ0) is 7.84. The van der Waals surface area contributed by atoms with Crippen LogP contribution in [0, 0.1) is 0 Å². The number of halogens is 1. The van der Waals surface area contributed by atoms with Crippen molar-refractivity contribution in [2.75, 3.05) is 0 Å². The predicted octanol–water partition coefficient (Wildman–Crippen LogP) is 2.62. The molecule has 0 atom stereocenters. The van der Waals surface area contributed by atoms with Crippen molar-refractivity contribution < 1.29 is 4.79 Å². The maximum atomic E-state index is 11.2. The van der Waals surface area contributed by atoms with Crippen LogP contribution in [0.4, 0.5) is 0 Å². The van der Waals surface area contributed by atoms with Crippen molar-refractivity contribution in [2.24, 2.45) is 0 Å². The van der Waals surface area contributed by atoms with E-state index in [1.54, 1.807) is 6.08 Å². The van der Waals surface area contributed by atoms with Crippen LogP contribution in [0.1, 0.15) is 15.9 Å². The minimum Gasteiger partial charge on any atom is -0.289 e. The van der Waals surface area contributed by atoms with Crippen LogP contribution in [-0.2, 0) is 0 Å². The van der Waals surface area contributed by atoms with Gasteiger partial charge in [-0.1, -0.05) is 40.2 Å². The van der Waals surface area contributed by atoms with Gasteiger partial charge in [0.1, 0.15) is 0 Å². The summed E-state index contributed by atoms with van der Waals surface area (Å²) in [7, 11) is 0. The molecule has 2 heteroatoms. The standard InChI is InChI=1S/C9H5BrO/c10-8-5-9(11)7-4-2-1-3-6(7)8/h1-5H. The molecule has 0 fully saturated rings. The Hall–Kier alpha value is -0.890. The molecular weight excluding hydrogens is 204 g/mol. The predicted molar refractivity (Wildman–Crippen MR) is 47.7 cm³/mol. The topological polar surface area (TPSA) is 17.1 Å². The molecule has 0 saturated carbocycles. The van der Waals surface area contributed by atoms with Gasteiger partial charge in [-0.3, -0.25) is 4.79 Å². The third-order valence-electron chi connectivity index (χ3n) is 1.71. The van der Waals surface area contributed by atoms with E-state index in [1.165, 1.54) is 0 Å². The molecule has 0 aliphatic heterocycles. The summed E-state index contributed by atoms with van der Waals surface area (Å²) < 4.78 is 0.887. The molecule has 0 bridgehead atoms. The van der Waals surface area contributed by atoms with Gasteiger partial charge in [-0.15, -0.1) is 0 Å². The zero-order valence-electron chi connectivity index (χ0n) is 5.67. The van der Waals surface area contributed by atoms with Crippen LogP contribution in [0.15, 0.2) is 30.3 Å². The van der Waals surface area contributed by atoms with Crippen LogP contribution in [-0.4, -0.2) is 5.78 Å². The van der Waals surface area contributed by atoms with Crippen molar-refractivity contribution >= 4 is 26.2 Å². The lowest BCUT2D eigenvalue weighted by atomic mass is 10.1. The second kappa shape index (κ2) is 2.31. The summed E-state index contributed by atoms with van der Waals surface area (Å²) in [5.41, 5.74) is 1.79. The van der Waals surface area contributed by atoms with Crippen molar-refractivity contribution in [1.82, 2.24) is 0 Å². The number of hydrogen-bond acceptors (Lipinski definition) is 1. The van der Waals surface area contributed by atoms with Crippen molar-refractivity contribution in [3.63, 3.8) is 0 Å². The molecule has 0 radical (unpaired) electrons. The highest BCUT2D eigenvalue weighted by Gasteiger charge is 2.17. The van der Waals surface area contributed by atoms with E-state index in [9.17, 15) is 4.79 Å². The van der Waals surface area contributed by atoms with E-state index >= 15 is 0 Å². The lowest BCUT2D eigenvalue weighted by Crippen LogP contribution is -1.89. The molecular formula is C9H5BrO. The Morgan fingerprint density at radius 3 is 2.36 bits per heavy atom. The van der Waals surface area contributed by atoms with E-state index in [2.05, 4.69) is 15.9 Å². The average molecular weight is 209 g/mol. The average Bonchev–Trinajstić information content (AvgIpc) is 2.30. The van der Waals surface area contributed by atoms with Gasteiger partial charge in [0.25, 0.3) is 0 Å². The second-order valence-corrected chi connectivity index (χ2v) is 3.26. The van der Waals surface area contributed by atoms with Crippen molar-refractivity contribution in [3.8, 4) is 0 Å². The number of benzene rings is 1. The van der Waals surface area contributed by atoms with Gasteiger partial charge >= 0.3 is 0 Å². The highest BCUT2D eigenvalue weighted by Crippen LogP contribution is 2.30. The summed E-state index contributed by atoms with van der Waals surface area (Å²) >= 11 is 3.32. The molecule has 0 spiro atoms. The molecule has 54 valence electrons. The van der Waals surface area contributed by atoms with Crippen LogP contribution >= 0.6 is 15.9 Å². The summed E-state index contributed by atoms with van der Waals surface area (Å²) in [4.78, 5) is 11.2. The molecule has 0 amide bonds. The van der Waals surface area contributed by atoms with Crippen LogP contribution in [0.25, 0.3) is 4.48 Å². The lowest BCUT2D eigenvalue weighted by Gasteiger charge is -1.95. The fourth-order valence-corrected chi connectivity index (χ4v) is 1.73. The van der Waals surface area contributed by atoms with Crippen molar-refractivity contribution in [3.05, 3.63) is 41.5 Å². The molecule has 0 N–H and O–H groups in total. The Balaban J connectivity index is 2.71. The van der Waals surface area contributed by atoms with Crippen LogP contribution in [0.5, 0.6) is 0 Å². The number of fused-ring (bicyclic) bond motifs is 1. The Labute approximate surface area is 72.9 Å². The fourth-order valence-electron chi connectivity index (χ4n) is 1.18. The molecule has 1 aliphatic rings. The van der Waals surface area contributed by atoms with Crippen molar-refractivity contribution in [1.29, 1.82) is 0 Å². The Bertz CT molecular complexity index is 352. The number of rotatable bonds is 0. The van der Waals surface area contributed by atoms with Gasteiger partial charge in [-0.05, 0) is 5.56 Å².